The minimum Gasteiger partial charge on any atom is -0.327 e. The average molecular weight is 153 g/mol. The summed E-state index contributed by atoms with van der Waals surface area (Å²) in [4.78, 5) is 2.26. The van der Waals surface area contributed by atoms with Crippen LogP contribution >= 0.6 is 0 Å². The third-order valence-corrected chi connectivity index (χ3v) is 2.00. The number of nitrogens with two attached hydrogens (primary N) is 1. The van der Waals surface area contributed by atoms with Gasteiger partial charge in [-0.3, -0.25) is 0 Å². The summed E-state index contributed by atoms with van der Waals surface area (Å²) in [5.74, 6) is 0.244. The number of nitriles is 1. The Balaban J connectivity index is 2.26. The molecule has 0 aromatic heterocycles. The van der Waals surface area contributed by atoms with Gasteiger partial charge in [0, 0.05) is 19.1 Å². The van der Waals surface area contributed by atoms with E-state index in [9.17, 15) is 0 Å². The first-order valence-electron chi connectivity index (χ1n) is 4.10. The third-order valence-electron chi connectivity index (χ3n) is 2.00. The topological polar surface area (TPSA) is 53.0 Å². The van der Waals surface area contributed by atoms with E-state index >= 15 is 0 Å². The molecule has 1 aliphatic rings. The molecular weight excluding hydrogens is 138 g/mol. The van der Waals surface area contributed by atoms with Crippen molar-refractivity contribution in [1.29, 1.82) is 5.26 Å². The smallest absolute Gasteiger partial charge is 0.0669 e. The number of nitrogens with zero attached hydrogens (tertiary/aromatic N) is 2. The van der Waals surface area contributed by atoms with Crippen LogP contribution in [0.4, 0.5) is 0 Å². The minimum atomic E-state index is 0.229. The van der Waals surface area contributed by atoms with Gasteiger partial charge in [0.05, 0.1) is 12.0 Å². The summed E-state index contributed by atoms with van der Waals surface area (Å²) >= 11 is 0. The van der Waals surface area contributed by atoms with E-state index in [1.165, 1.54) is 0 Å². The highest BCUT2D eigenvalue weighted by Gasteiger charge is 2.21. The van der Waals surface area contributed by atoms with Crippen LogP contribution < -0.4 is 5.73 Å². The SMILES string of the molecule is C[C@@H](N)CN1CCC(C#N)C1. The Hall–Kier alpha value is -0.590. The van der Waals surface area contributed by atoms with Crippen molar-refractivity contribution >= 4 is 0 Å². The van der Waals surface area contributed by atoms with E-state index in [1.807, 2.05) is 6.92 Å². The summed E-state index contributed by atoms with van der Waals surface area (Å²) in [6, 6.07) is 2.51. The second-order valence-electron chi connectivity index (χ2n) is 3.35. The standard InChI is InChI=1S/C8H15N3/c1-7(10)5-11-3-2-8(4-9)6-11/h7-8H,2-3,5-6,10H2,1H3/t7-,8?/m1/s1. The van der Waals surface area contributed by atoms with Crippen molar-refractivity contribution < 1.29 is 0 Å². The van der Waals surface area contributed by atoms with E-state index in [2.05, 4.69) is 11.0 Å². The van der Waals surface area contributed by atoms with Crippen molar-refractivity contribution in [3.8, 4) is 6.07 Å². The summed E-state index contributed by atoms with van der Waals surface area (Å²) in [6.07, 6.45) is 1.02. The lowest BCUT2D eigenvalue weighted by atomic mass is 10.1. The molecule has 62 valence electrons. The summed E-state index contributed by atoms with van der Waals surface area (Å²) < 4.78 is 0. The van der Waals surface area contributed by atoms with Crippen LogP contribution in [0.3, 0.4) is 0 Å². The largest absolute Gasteiger partial charge is 0.327 e. The molecule has 2 N–H and O–H groups in total. The first kappa shape index (κ1) is 8.51. The zero-order chi connectivity index (χ0) is 8.27. The molecule has 1 heterocycles. The lowest BCUT2D eigenvalue weighted by Crippen LogP contribution is -2.33. The van der Waals surface area contributed by atoms with Gasteiger partial charge in [0.1, 0.15) is 0 Å². The molecule has 0 radical (unpaired) electrons. The van der Waals surface area contributed by atoms with Crippen LogP contribution in [0.5, 0.6) is 0 Å². The normalized spacial score (nSPS) is 28.3. The van der Waals surface area contributed by atoms with Crippen molar-refractivity contribution in [2.45, 2.75) is 19.4 Å². The van der Waals surface area contributed by atoms with Crippen LogP contribution in [0.2, 0.25) is 0 Å². The summed E-state index contributed by atoms with van der Waals surface area (Å²) in [5, 5.41) is 8.61. The van der Waals surface area contributed by atoms with E-state index in [-0.39, 0.29) is 12.0 Å². The molecule has 1 unspecified atom stereocenters. The van der Waals surface area contributed by atoms with Gasteiger partial charge < -0.3 is 10.6 Å². The van der Waals surface area contributed by atoms with Gasteiger partial charge in [-0.05, 0) is 19.9 Å². The maximum Gasteiger partial charge on any atom is 0.0669 e. The first-order chi connectivity index (χ1) is 5.22. The number of hydrogen-bond acceptors (Lipinski definition) is 3. The molecule has 0 amide bonds. The highest BCUT2D eigenvalue weighted by Crippen LogP contribution is 2.14. The van der Waals surface area contributed by atoms with Gasteiger partial charge in [0.15, 0.2) is 0 Å². The van der Waals surface area contributed by atoms with Crippen molar-refractivity contribution in [3.63, 3.8) is 0 Å². The lowest BCUT2D eigenvalue weighted by molar-refractivity contribution is 0.315. The van der Waals surface area contributed by atoms with E-state index in [4.69, 9.17) is 11.0 Å². The van der Waals surface area contributed by atoms with Gasteiger partial charge in [-0.25, -0.2) is 0 Å². The summed E-state index contributed by atoms with van der Waals surface area (Å²) in [6.45, 7) is 4.88. The molecule has 0 aromatic carbocycles. The van der Waals surface area contributed by atoms with Gasteiger partial charge in [-0.2, -0.15) is 5.26 Å². The number of likely N-dealkylation sites (tertiary alicyclic amines) is 1. The fraction of sp³-hybridized carbons (Fsp3) is 0.875. The van der Waals surface area contributed by atoms with Gasteiger partial charge in [-0.1, -0.05) is 0 Å². The summed E-state index contributed by atoms with van der Waals surface area (Å²) in [5.41, 5.74) is 5.63. The molecule has 0 saturated carbocycles. The minimum absolute atomic E-state index is 0.229. The van der Waals surface area contributed by atoms with Crippen LogP contribution in [0.25, 0.3) is 0 Å². The lowest BCUT2D eigenvalue weighted by Gasteiger charge is -2.16. The monoisotopic (exact) mass is 153 g/mol. The van der Waals surface area contributed by atoms with Gasteiger partial charge >= 0.3 is 0 Å². The Kier molecular flexibility index (Phi) is 2.86. The Bertz CT molecular complexity index is 159. The molecule has 1 aliphatic heterocycles. The molecule has 3 nitrogen and oxygen atoms in total. The van der Waals surface area contributed by atoms with E-state index < -0.39 is 0 Å². The predicted octanol–water partition coefficient (Wildman–Crippen LogP) is 0.179. The fourth-order valence-corrected chi connectivity index (χ4v) is 1.51. The number of rotatable bonds is 2. The van der Waals surface area contributed by atoms with Crippen LogP contribution in [0.1, 0.15) is 13.3 Å². The molecule has 1 fully saturated rings. The zero-order valence-electron chi connectivity index (χ0n) is 6.95. The van der Waals surface area contributed by atoms with Crippen LogP contribution in [-0.4, -0.2) is 30.6 Å². The molecule has 2 atom stereocenters. The molecule has 1 rings (SSSR count). The average Bonchev–Trinajstić information content (AvgIpc) is 2.34. The Labute approximate surface area is 67.8 Å². The maximum atomic E-state index is 8.61. The molecule has 0 bridgehead atoms. The molecular formula is C8H15N3. The molecule has 0 aromatic rings. The predicted molar refractivity (Wildman–Crippen MR) is 43.8 cm³/mol. The zero-order valence-corrected chi connectivity index (χ0v) is 6.95. The van der Waals surface area contributed by atoms with E-state index in [0.717, 1.165) is 26.1 Å². The number of hydrogen-bond donors (Lipinski definition) is 1. The van der Waals surface area contributed by atoms with Crippen LogP contribution in [0, 0.1) is 17.2 Å². The first-order valence-corrected chi connectivity index (χ1v) is 4.10. The Morgan fingerprint density at radius 2 is 2.55 bits per heavy atom. The quantitative estimate of drug-likeness (QED) is 0.615. The Morgan fingerprint density at radius 1 is 1.82 bits per heavy atom. The van der Waals surface area contributed by atoms with Crippen molar-refractivity contribution in [3.05, 3.63) is 0 Å². The fourth-order valence-electron chi connectivity index (χ4n) is 1.51. The van der Waals surface area contributed by atoms with Crippen molar-refractivity contribution in [2.75, 3.05) is 19.6 Å². The second kappa shape index (κ2) is 3.70. The van der Waals surface area contributed by atoms with Crippen molar-refractivity contribution in [2.24, 2.45) is 11.7 Å². The van der Waals surface area contributed by atoms with Gasteiger partial charge in [-0.15, -0.1) is 0 Å². The van der Waals surface area contributed by atoms with Gasteiger partial charge in [0.2, 0.25) is 0 Å². The third kappa shape index (κ3) is 2.49. The summed E-state index contributed by atoms with van der Waals surface area (Å²) in [7, 11) is 0. The van der Waals surface area contributed by atoms with Crippen LogP contribution in [-0.2, 0) is 0 Å². The molecule has 1 saturated heterocycles. The molecule has 0 spiro atoms. The maximum absolute atomic E-state index is 8.61. The highest BCUT2D eigenvalue weighted by molar-refractivity contribution is 4.90. The molecule has 3 heteroatoms. The Morgan fingerprint density at radius 3 is 3.00 bits per heavy atom. The highest BCUT2D eigenvalue weighted by atomic mass is 15.2. The van der Waals surface area contributed by atoms with Crippen molar-refractivity contribution in [1.82, 2.24) is 4.90 Å². The second-order valence-corrected chi connectivity index (χ2v) is 3.35. The molecule has 11 heavy (non-hydrogen) atoms. The molecule has 0 aliphatic carbocycles. The van der Waals surface area contributed by atoms with Crippen LogP contribution in [0.15, 0.2) is 0 Å². The van der Waals surface area contributed by atoms with E-state index in [1.54, 1.807) is 0 Å². The van der Waals surface area contributed by atoms with E-state index in [0.29, 0.717) is 0 Å². The van der Waals surface area contributed by atoms with Gasteiger partial charge in [0.25, 0.3) is 0 Å².